The second-order valence-electron chi connectivity index (χ2n) is 7.71. The number of amides is 2. The lowest BCUT2D eigenvalue weighted by molar-refractivity contribution is -0.139. The molecule has 0 saturated carbocycles. The fourth-order valence-electron chi connectivity index (χ4n) is 3.13. The van der Waals surface area contributed by atoms with Crippen LogP contribution in [0.2, 0.25) is 0 Å². The van der Waals surface area contributed by atoms with Crippen LogP contribution in [0.15, 0.2) is 48.5 Å². The van der Waals surface area contributed by atoms with Crippen LogP contribution in [-0.2, 0) is 26.2 Å². The molecule has 1 N–H and O–H groups in total. The van der Waals surface area contributed by atoms with Crippen molar-refractivity contribution in [2.24, 2.45) is 0 Å². The van der Waals surface area contributed by atoms with Crippen molar-refractivity contribution in [2.75, 3.05) is 23.7 Å². The molecule has 0 aliphatic rings. The second-order valence-corrected chi connectivity index (χ2v) is 9.62. The summed E-state index contributed by atoms with van der Waals surface area (Å²) in [7, 11) is -3.89. The van der Waals surface area contributed by atoms with Gasteiger partial charge in [-0.1, -0.05) is 25.5 Å². The van der Waals surface area contributed by atoms with E-state index in [1.54, 1.807) is 6.92 Å². The Balaban J connectivity index is 2.32. The molecule has 2 amide bonds. The zero-order valence-corrected chi connectivity index (χ0v) is 19.7. The first-order valence-electron chi connectivity index (χ1n) is 10.6. The molecule has 1 atom stereocenters. The summed E-state index contributed by atoms with van der Waals surface area (Å²) in [5.41, 5.74) is 0.694. The molecule has 0 spiro atoms. The zero-order valence-electron chi connectivity index (χ0n) is 18.9. The van der Waals surface area contributed by atoms with Crippen molar-refractivity contribution in [3.63, 3.8) is 0 Å². The van der Waals surface area contributed by atoms with Crippen molar-refractivity contribution in [1.29, 1.82) is 0 Å². The van der Waals surface area contributed by atoms with E-state index in [-0.39, 0.29) is 18.1 Å². The number of nitrogens with zero attached hydrogens (tertiary/aromatic N) is 2. The molecule has 0 radical (unpaired) electrons. The number of hydrogen-bond donors (Lipinski definition) is 1. The van der Waals surface area contributed by atoms with Crippen molar-refractivity contribution in [3.05, 3.63) is 65.7 Å². The first kappa shape index (κ1) is 26.2. The summed E-state index contributed by atoms with van der Waals surface area (Å²) >= 11 is 0. The van der Waals surface area contributed by atoms with Crippen molar-refractivity contribution in [1.82, 2.24) is 10.2 Å². The number of anilines is 1. The van der Waals surface area contributed by atoms with Gasteiger partial charge < -0.3 is 10.2 Å². The van der Waals surface area contributed by atoms with Gasteiger partial charge in [0.2, 0.25) is 21.8 Å². The summed E-state index contributed by atoms with van der Waals surface area (Å²) in [6.07, 6.45) is 2.60. The van der Waals surface area contributed by atoms with Crippen molar-refractivity contribution < 1.29 is 26.8 Å². The second kappa shape index (κ2) is 11.7. The van der Waals surface area contributed by atoms with Crippen LogP contribution in [0, 0.1) is 11.6 Å². The first-order valence-corrected chi connectivity index (χ1v) is 12.4. The lowest BCUT2D eigenvalue weighted by Crippen LogP contribution is -2.51. The van der Waals surface area contributed by atoms with Crippen molar-refractivity contribution in [3.8, 4) is 0 Å². The Kier molecular flexibility index (Phi) is 9.33. The summed E-state index contributed by atoms with van der Waals surface area (Å²) in [6.45, 7) is 3.37. The number of hydrogen-bond acceptors (Lipinski definition) is 4. The molecule has 2 aromatic rings. The Hall–Kier alpha value is -3.01. The monoisotopic (exact) mass is 481 g/mol. The molecule has 2 aromatic carbocycles. The maximum Gasteiger partial charge on any atom is 0.244 e. The van der Waals surface area contributed by atoms with Gasteiger partial charge in [-0.3, -0.25) is 13.9 Å². The van der Waals surface area contributed by atoms with E-state index in [2.05, 4.69) is 5.32 Å². The minimum Gasteiger partial charge on any atom is -0.354 e. The maximum absolute atomic E-state index is 13.3. The summed E-state index contributed by atoms with van der Waals surface area (Å²) in [5, 5.41) is 2.77. The topological polar surface area (TPSA) is 86.8 Å². The van der Waals surface area contributed by atoms with Gasteiger partial charge >= 0.3 is 0 Å². The zero-order chi connectivity index (χ0) is 24.6. The molecule has 0 aliphatic carbocycles. The lowest BCUT2D eigenvalue weighted by Gasteiger charge is -2.31. The van der Waals surface area contributed by atoms with E-state index in [1.807, 2.05) is 6.92 Å². The number of carbonyl (C=O) groups excluding carboxylic acids is 2. The fraction of sp³-hybridized carbons (Fsp3) is 0.391. The minimum absolute atomic E-state index is 0.0253. The fourth-order valence-corrected chi connectivity index (χ4v) is 3.98. The van der Waals surface area contributed by atoms with Crippen LogP contribution in [-0.4, -0.2) is 50.5 Å². The number of benzene rings is 2. The minimum atomic E-state index is -3.89. The van der Waals surface area contributed by atoms with Crippen LogP contribution in [0.5, 0.6) is 0 Å². The van der Waals surface area contributed by atoms with Crippen LogP contribution in [0.4, 0.5) is 14.5 Å². The molecule has 0 aromatic heterocycles. The third-order valence-corrected chi connectivity index (χ3v) is 6.20. The van der Waals surface area contributed by atoms with E-state index in [9.17, 15) is 26.8 Å². The molecule has 10 heteroatoms. The molecule has 0 saturated heterocycles. The predicted octanol–water partition coefficient (Wildman–Crippen LogP) is 3.06. The molecular weight excluding hydrogens is 452 g/mol. The average molecular weight is 482 g/mol. The highest BCUT2D eigenvalue weighted by Crippen LogP contribution is 2.19. The number of rotatable bonds is 11. The van der Waals surface area contributed by atoms with Crippen LogP contribution in [0.1, 0.15) is 32.3 Å². The smallest absolute Gasteiger partial charge is 0.244 e. The van der Waals surface area contributed by atoms with E-state index in [1.165, 1.54) is 41.3 Å². The van der Waals surface area contributed by atoms with Crippen molar-refractivity contribution >= 4 is 27.5 Å². The number of carbonyl (C=O) groups is 2. The van der Waals surface area contributed by atoms with E-state index in [4.69, 9.17) is 0 Å². The number of halogens is 2. The van der Waals surface area contributed by atoms with E-state index in [0.717, 1.165) is 35.5 Å². The van der Waals surface area contributed by atoms with Crippen molar-refractivity contribution in [2.45, 2.75) is 39.3 Å². The normalized spacial score (nSPS) is 12.2. The van der Waals surface area contributed by atoms with Gasteiger partial charge in [-0.05, 0) is 55.3 Å². The molecule has 33 heavy (non-hydrogen) atoms. The Labute approximate surface area is 193 Å². The van der Waals surface area contributed by atoms with Gasteiger partial charge in [-0.2, -0.15) is 0 Å². The largest absolute Gasteiger partial charge is 0.354 e. The summed E-state index contributed by atoms with van der Waals surface area (Å²) in [4.78, 5) is 27.2. The Morgan fingerprint density at radius 2 is 1.55 bits per heavy atom. The molecule has 180 valence electrons. The SMILES string of the molecule is CCCCNC(=O)[C@@H](C)N(Cc1ccc(F)cc1)C(=O)CN(c1ccc(F)cc1)S(C)(=O)=O. The third-order valence-electron chi connectivity index (χ3n) is 5.06. The highest BCUT2D eigenvalue weighted by Gasteiger charge is 2.30. The molecule has 0 bridgehead atoms. The molecule has 7 nitrogen and oxygen atoms in total. The molecule has 0 fully saturated rings. The molecule has 2 rings (SSSR count). The van der Waals surface area contributed by atoms with Gasteiger partial charge in [0.05, 0.1) is 11.9 Å². The average Bonchev–Trinajstić information content (AvgIpc) is 2.76. The lowest BCUT2D eigenvalue weighted by atomic mass is 10.1. The Morgan fingerprint density at radius 3 is 2.06 bits per heavy atom. The standard InChI is InChI=1S/C23H29F2N3O4S/c1-4-5-14-26-23(30)17(2)27(15-18-6-8-19(24)9-7-18)22(29)16-28(33(3,31)32)21-12-10-20(25)11-13-21/h6-13,17H,4-5,14-16H2,1-3H3,(H,26,30)/t17-/m1/s1. The highest BCUT2D eigenvalue weighted by atomic mass is 32.2. The van der Waals surface area contributed by atoms with Crippen LogP contribution in [0.25, 0.3) is 0 Å². The number of nitrogens with one attached hydrogen (secondary N) is 1. The van der Waals surface area contributed by atoms with Crippen LogP contribution >= 0.6 is 0 Å². The van der Waals surface area contributed by atoms with Gasteiger partial charge in [0, 0.05) is 13.1 Å². The Morgan fingerprint density at radius 1 is 1.00 bits per heavy atom. The van der Waals surface area contributed by atoms with Gasteiger partial charge in [-0.15, -0.1) is 0 Å². The van der Waals surface area contributed by atoms with Gasteiger partial charge in [0.15, 0.2) is 0 Å². The van der Waals surface area contributed by atoms with E-state index in [0.29, 0.717) is 12.1 Å². The van der Waals surface area contributed by atoms with Gasteiger partial charge in [0.25, 0.3) is 0 Å². The first-order chi connectivity index (χ1) is 15.5. The summed E-state index contributed by atoms with van der Waals surface area (Å²) in [5.74, 6) is -2.01. The maximum atomic E-state index is 13.3. The number of sulfonamides is 1. The molecule has 0 heterocycles. The van der Waals surface area contributed by atoms with Crippen LogP contribution < -0.4 is 9.62 Å². The molecular formula is C23H29F2N3O4S. The third kappa shape index (κ3) is 7.81. The van der Waals surface area contributed by atoms with Gasteiger partial charge in [0.1, 0.15) is 24.2 Å². The van der Waals surface area contributed by atoms with E-state index < -0.39 is 40.2 Å². The summed E-state index contributed by atoms with van der Waals surface area (Å²) in [6, 6.07) is 9.27. The molecule has 0 unspecified atom stereocenters. The predicted molar refractivity (Wildman–Crippen MR) is 123 cm³/mol. The summed E-state index contributed by atoms with van der Waals surface area (Å²) < 4.78 is 52.3. The van der Waals surface area contributed by atoms with Crippen LogP contribution in [0.3, 0.4) is 0 Å². The highest BCUT2D eigenvalue weighted by molar-refractivity contribution is 7.92. The Bertz CT molecular complexity index is 1040. The molecule has 0 aliphatic heterocycles. The van der Waals surface area contributed by atoms with Gasteiger partial charge in [-0.25, -0.2) is 17.2 Å². The quantitative estimate of drug-likeness (QED) is 0.500. The van der Waals surface area contributed by atoms with E-state index >= 15 is 0 Å². The number of unbranched alkanes of at least 4 members (excludes halogenated alkanes) is 1.